The lowest BCUT2D eigenvalue weighted by molar-refractivity contribution is 0.618. The molecular formula is C15H18BrN3S. The predicted octanol–water partition coefficient (Wildman–Crippen LogP) is 3.47. The second-order valence-electron chi connectivity index (χ2n) is 5.02. The molecule has 0 fully saturated rings. The van der Waals surface area contributed by atoms with Crippen molar-refractivity contribution in [1.29, 1.82) is 0 Å². The van der Waals surface area contributed by atoms with Crippen LogP contribution < -0.4 is 15.5 Å². The topological polar surface area (TPSA) is 32.5 Å². The Morgan fingerprint density at radius 1 is 1.30 bits per heavy atom. The zero-order chi connectivity index (χ0) is 14.1. The normalized spacial score (nSPS) is 16.1. The van der Waals surface area contributed by atoms with E-state index in [2.05, 4.69) is 68.5 Å². The number of nitrogens with two attached hydrogens (primary N) is 1. The van der Waals surface area contributed by atoms with Gasteiger partial charge in [0.1, 0.15) is 0 Å². The number of benzene rings is 1. The first-order chi connectivity index (χ1) is 9.70. The van der Waals surface area contributed by atoms with Gasteiger partial charge in [-0.3, -0.25) is 0 Å². The molecule has 5 heteroatoms. The van der Waals surface area contributed by atoms with Gasteiger partial charge in [-0.05, 0) is 34.1 Å². The molecule has 0 saturated carbocycles. The zero-order valence-electron chi connectivity index (χ0n) is 11.4. The molecule has 0 bridgehead atoms. The summed E-state index contributed by atoms with van der Waals surface area (Å²) in [6.07, 6.45) is 0. The molecule has 3 nitrogen and oxygen atoms in total. The Balaban J connectivity index is 1.99. The van der Waals surface area contributed by atoms with E-state index in [1.165, 1.54) is 16.3 Å². The summed E-state index contributed by atoms with van der Waals surface area (Å²) in [7, 11) is 2.15. The molecule has 2 aromatic rings. The lowest BCUT2D eigenvalue weighted by Crippen LogP contribution is -2.43. The molecule has 0 saturated heterocycles. The summed E-state index contributed by atoms with van der Waals surface area (Å²) < 4.78 is 1.14. The first-order valence-corrected chi connectivity index (χ1v) is 8.39. The van der Waals surface area contributed by atoms with Crippen LogP contribution >= 0.6 is 27.3 Å². The number of hydrogen-bond acceptors (Lipinski definition) is 4. The first kappa shape index (κ1) is 13.9. The van der Waals surface area contributed by atoms with Gasteiger partial charge in [-0.1, -0.05) is 12.1 Å². The monoisotopic (exact) mass is 351 g/mol. The number of rotatable bonds is 3. The van der Waals surface area contributed by atoms with Crippen molar-refractivity contribution in [2.75, 3.05) is 36.5 Å². The fourth-order valence-electron chi connectivity index (χ4n) is 2.75. The molecule has 0 aliphatic carbocycles. The standard InChI is InChI=1S/C15H18BrN3S/c1-18-6-7-19(13-5-3-2-4-12(13)18)14(9-17)15-8-11(16)10-20-15/h2-5,8,10,14H,6-7,9,17H2,1H3. The number of anilines is 2. The lowest BCUT2D eigenvalue weighted by atomic mass is 10.1. The Morgan fingerprint density at radius 2 is 2.05 bits per heavy atom. The van der Waals surface area contributed by atoms with Crippen molar-refractivity contribution in [2.45, 2.75) is 6.04 Å². The van der Waals surface area contributed by atoms with Crippen molar-refractivity contribution in [1.82, 2.24) is 0 Å². The molecule has 3 rings (SSSR count). The van der Waals surface area contributed by atoms with Crippen LogP contribution in [0.15, 0.2) is 40.2 Å². The van der Waals surface area contributed by atoms with Gasteiger partial charge in [-0.2, -0.15) is 0 Å². The highest BCUT2D eigenvalue weighted by Gasteiger charge is 2.27. The minimum absolute atomic E-state index is 0.251. The SMILES string of the molecule is CN1CCN(C(CN)c2cc(Br)cs2)c2ccccc21. The van der Waals surface area contributed by atoms with Crippen molar-refractivity contribution in [2.24, 2.45) is 5.73 Å². The van der Waals surface area contributed by atoms with Crippen LogP contribution in [0.3, 0.4) is 0 Å². The number of thiophene rings is 1. The molecule has 1 aliphatic heterocycles. The van der Waals surface area contributed by atoms with Gasteiger partial charge in [0.05, 0.1) is 17.4 Å². The van der Waals surface area contributed by atoms with Gasteiger partial charge in [0, 0.05) is 41.4 Å². The van der Waals surface area contributed by atoms with E-state index in [1.807, 2.05) is 0 Å². The Morgan fingerprint density at radius 3 is 2.70 bits per heavy atom. The molecule has 1 aromatic carbocycles. The van der Waals surface area contributed by atoms with Gasteiger partial charge in [0.2, 0.25) is 0 Å². The average Bonchev–Trinajstić information content (AvgIpc) is 2.89. The van der Waals surface area contributed by atoms with Gasteiger partial charge < -0.3 is 15.5 Å². The Labute approximate surface area is 132 Å². The number of para-hydroxylation sites is 2. The second kappa shape index (κ2) is 5.76. The molecular weight excluding hydrogens is 334 g/mol. The van der Waals surface area contributed by atoms with Gasteiger partial charge in [-0.25, -0.2) is 0 Å². The summed E-state index contributed by atoms with van der Waals surface area (Å²) in [4.78, 5) is 6.07. The second-order valence-corrected chi connectivity index (χ2v) is 6.88. The molecule has 0 spiro atoms. The Kier molecular flexibility index (Phi) is 4.01. The van der Waals surface area contributed by atoms with E-state index in [4.69, 9.17) is 5.73 Å². The van der Waals surface area contributed by atoms with Crippen LogP contribution in [-0.2, 0) is 0 Å². The van der Waals surface area contributed by atoms with Gasteiger partial charge in [0.15, 0.2) is 0 Å². The molecule has 0 amide bonds. The predicted molar refractivity (Wildman–Crippen MR) is 90.9 cm³/mol. The quantitative estimate of drug-likeness (QED) is 0.918. The van der Waals surface area contributed by atoms with Gasteiger partial charge >= 0.3 is 0 Å². The third-order valence-electron chi connectivity index (χ3n) is 3.79. The fourth-order valence-corrected chi connectivity index (χ4v) is 4.32. The molecule has 1 unspecified atom stereocenters. The highest BCUT2D eigenvalue weighted by molar-refractivity contribution is 9.10. The van der Waals surface area contributed by atoms with Crippen molar-refractivity contribution in [3.8, 4) is 0 Å². The summed E-state index contributed by atoms with van der Waals surface area (Å²) in [5.74, 6) is 0. The van der Waals surface area contributed by atoms with Crippen LogP contribution in [0.1, 0.15) is 10.9 Å². The molecule has 1 atom stereocenters. The number of halogens is 1. The molecule has 1 aliphatic rings. The zero-order valence-corrected chi connectivity index (χ0v) is 13.8. The largest absolute Gasteiger partial charge is 0.371 e. The summed E-state index contributed by atoms with van der Waals surface area (Å²) in [5, 5.41) is 2.12. The number of hydrogen-bond donors (Lipinski definition) is 1. The molecule has 0 radical (unpaired) electrons. The maximum Gasteiger partial charge on any atom is 0.0759 e. The van der Waals surface area contributed by atoms with Crippen LogP contribution in [0, 0.1) is 0 Å². The van der Waals surface area contributed by atoms with E-state index >= 15 is 0 Å². The third kappa shape index (κ3) is 2.45. The Bertz CT molecular complexity index is 598. The highest BCUT2D eigenvalue weighted by Crippen LogP contribution is 2.38. The summed E-state index contributed by atoms with van der Waals surface area (Å²) in [6.45, 7) is 2.66. The van der Waals surface area contributed by atoms with Gasteiger partial charge in [-0.15, -0.1) is 11.3 Å². The maximum absolute atomic E-state index is 6.07. The van der Waals surface area contributed by atoms with Crippen LogP contribution in [0.25, 0.3) is 0 Å². The van der Waals surface area contributed by atoms with E-state index in [9.17, 15) is 0 Å². The summed E-state index contributed by atoms with van der Waals surface area (Å²) in [5.41, 5.74) is 8.64. The van der Waals surface area contributed by atoms with Crippen molar-refractivity contribution in [3.63, 3.8) is 0 Å². The summed E-state index contributed by atoms with van der Waals surface area (Å²) in [6, 6.07) is 11.0. The molecule has 20 heavy (non-hydrogen) atoms. The summed E-state index contributed by atoms with van der Waals surface area (Å²) >= 11 is 5.31. The molecule has 106 valence electrons. The van der Waals surface area contributed by atoms with Crippen molar-refractivity contribution < 1.29 is 0 Å². The fraction of sp³-hybridized carbons (Fsp3) is 0.333. The van der Waals surface area contributed by atoms with E-state index in [-0.39, 0.29) is 6.04 Å². The van der Waals surface area contributed by atoms with Crippen LogP contribution in [-0.4, -0.2) is 26.7 Å². The van der Waals surface area contributed by atoms with Crippen LogP contribution in [0.2, 0.25) is 0 Å². The van der Waals surface area contributed by atoms with Crippen LogP contribution in [0.5, 0.6) is 0 Å². The minimum atomic E-state index is 0.251. The van der Waals surface area contributed by atoms with Gasteiger partial charge in [0.25, 0.3) is 0 Å². The number of fused-ring (bicyclic) bond motifs is 1. The minimum Gasteiger partial charge on any atom is -0.371 e. The van der Waals surface area contributed by atoms with E-state index in [0.717, 1.165) is 17.6 Å². The van der Waals surface area contributed by atoms with Crippen molar-refractivity contribution in [3.05, 3.63) is 45.1 Å². The van der Waals surface area contributed by atoms with Crippen molar-refractivity contribution >= 4 is 38.6 Å². The molecule has 1 aromatic heterocycles. The lowest BCUT2D eigenvalue weighted by Gasteiger charge is -2.41. The molecule has 2 heterocycles. The van der Waals surface area contributed by atoms with E-state index < -0.39 is 0 Å². The third-order valence-corrected chi connectivity index (χ3v) is 5.59. The first-order valence-electron chi connectivity index (χ1n) is 6.71. The van der Waals surface area contributed by atoms with Crippen LogP contribution in [0.4, 0.5) is 11.4 Å². The highest BCUT2D eigenvalue weighted by atomic mass is 79.9. The Hall–Kier alpha value is -1.04. The number of nitrogens with zero attached hydrogens (tertiary/aromatic N) is 2. The van der Waals surface area contributed by atoms with E-state index in [1.54, 1.807) is 11.3 Å². The maximum atomic E-state index is 6.07. The smallest absolute Gasteiger partial charge is 0.0759 e. The number of likely N-dealkylation sites (N-methyl/N-ethyl adjacent to an activating group) is 1. The van der Waals surface area contributed by atoms with E-state index in [0.29, 0.717) is 6.54 Å². The average molecular weight is 352 g/mol. The molecule has 2 N–H and O–H groups in total.